The molecule has 1 aromatic heterocycles. The Morgan fingerprint density at radius 2 is 2.06 bits per heavy atom. The average Bonchev–Trinajstić information content (AvgIpc) is 2.80. The molecule has 16 heavy (non-hydrogen) atoms. The lowest BCUT2D eigenvalue weighted by molar-refractivity contribution is 0.0957. The Morgan fingerprint density at radius 3 is 2.69 bits per heavy atom. The van der Waals surface area contributed by atoms with Gasteiger partial charge in [-0.2, -0.15) is 0 Å². The molecule has 0 atom stereocenters. The summed E-state index contributed by atoms with van der Waals surface area (Å²) in [5.41, 5.74) is 1.35. The zero-order chi connectivity index (χ0) is 11.5. The molecular formula is C12H17N3O. The van der Waals surface area contributed by atoms with Crippen LogP contribution in [0.25, 0.3) is 0 Å². The molecule has 0 aliphatic heterocycles. The molecule has 0 unspecified atom stereocenters. The van der Waals surface area contributed by atoms with E-state index >= 15 is 0 Å². The molecule has 1 saturated carbocycles. The van der Waals surface area contributed by atoms with Crippen molar-refractivity contribution in [3.8, 4) is 0 Å². The molecular weight excluding hydrogens is 202 g/mol. The molecule has 1 aliphatic carbocycles. The average molecular weight is 219 g/mol. The van der Waals surface area contributed by atoms with Crippen molar-refractivity contribution in [3.05, 3.63) is 23.3 Å². The van der Waals surface area contributed by atoms with Gasteiger partial charge in [-0.15, -0.1) is 0 Å². The number of rotatable bonds is 2. The van der Waals surface area contributed by atoms with E-state index in [1.165, 1.54) is 12.8 Å². The van der Waals surface area contributed by atoms with Gasteiger partial charge in [-0.05, 0) is 25.8 Å². The van der Waals surface area contributed by atoms with Crippen LogP contribution < -0.4 is 5.32 Å². The lowest BCUT2D eigenvalue weighted by Crippen LogP contribution is -2.21. The number of aromatic nitrogens is 2. The largest absolute Gasteiger partial charge is 0.354 e. The summed E-state index contributed by atoms with van der Waals surface area (Å²) in [6, 6.07) is 1.73. The Morgan fingerprint density at radius 1 is 1.38 bits per heavy atom. The second kappa shape index (κ2) is 4.60. The molecule has 1 fully saturated rings. The quantitative estimate of drug-likeness (QED) is 0.825. The molecule has 0 radical (unpaired) electrons. The summed E-state index contributed by atoms with van der Waals surface area (Å²) >= 11 is 0. The Hall–Kier alpha value is -1.45. The van der Waals surface area contributed by atoms with Crippen LogP contribution in [0.3, 0.4) is 0 Å². The maximum Gasteiger partial charge on any atom is 0.269 e. The predicted octanol–water partition coefficient (Wildman–Crippen LogP) is 1.80. The molecule has 1 amide bonds. The number of carbonyl (C=O) groups is 1. The summed E-state index contributed by atoms with van der Waals surface area (Å²) in [4.78, 5) is 20.3. The minimum Gasteiger partial charge on any atom is -0.354 e. The standard InChI is InChI=1S/C12H17N3O/c1-8-7-10(12(16)13-2)15-11(14-8)9-5-3-4-6-9/h7,9H,3-6H2,1-2H3,(H,13,16). The topological polar surface area (TPSA) is 54.9 Å². The van der Waals surface area contributed by atoms with Gasteiger partial charge in [0.2, 0.25) is 0 Å². The first-order valence-electron chi connectivity index (χ1n) is 5.78. The SMILES string of the molecule is CNC(=O)c1cc(C)nc(C2CCCC2)n1. The van der Waals surface area contributed by atoms with Crippen molar-refractivity contribution in [2.45, 2.75) is 38.5 Å². The molecule has 4 nitrogen and oxygen atoms in total. The van der Waals surface area contributed by atoms with E-state index in [-0.39, 0.29) is 5.91 Å². The predicted molar refractivity (Wildman–Crippen MR) is 61.4 cm³/mol. The zero-order valence-electron chi connectivity index (χ0n) is 9.79. The van der Waals surface area contributed by atoms with Crippen LogP contribution in [0.1, 0.15) is 53.6 Å². The lowest BCUT2D eigenvalue weighted by atomic mass is 10.1. The van der Waals surface area contributed by atoms with Crippen molar-refractivity contribution >= 4 is 5.91 Å². The first-order chi connectivity index (χ1) is 7.70. The van der Waals surface area contributed by atoms with Gasteiger partial charge in [0.15, 0.2) is 0 Å². The summed E-state index contributed by atoms with van der Waals surface area (Å²) in [6.45, 7) is 1.91. The second-order valence-corrected chi connectivity index (χ2v) is 4.31. The Balaban J connectivity index is 2.31. The van der Waals surface area contributed by atoms with E-state index in [9.17, 15) is 4.79 Å². The van der Waals surface area contributed by atoms with E-state index in [4.69, 9.17) is 0 Å². The van der Waals surface area contributed by atoms with Gasteiger partial charge in [0.25, 0.3) is 5.91 Å². The maximum absolute atomic E-state index is 11.5. The first kappa shape index (κ1) is 11.0. The van der Waals surface area contributed by atoms with E-state index in [2.05, 4.69) is 15.3 Å². The van der Waals surface area contributed by atoms with Crippen molar-refractivity contribution in [1.82, 2.24) is 15.3 Å². The summed E-state index contributed by atoms with van der Waals surface area (Å²) in [5.74, 6) is 1.16. The molecule has 1 aliphatic rings. The van der Waals surface area contributed by atoms with Crippen LogP contribution in [-0.2, 0) is 0 Å². The molecule has 0 spiro atoms. The fraction of sp³-hybridized carbons (Fsp3) is 0.583. The number of aryl methyl sites for hydroxylation is 1. The van der Waals surface area contributed by atoms with Crippen LogP contribution in [0.4, 0.5) is 0 Å². The molecule has 1 heterocycles. The molecule has 4 heteroatoms. The zero-order valence-corrected chi connectivity index (χ0v) is 9.79. The van der Waals surface area contributed by atoms with E-state index in [1.54, 1.807) is 13.1 Å². The van der Waals surface area contributed by atoms with Crippen LogP contribution in [0.15, 0.2) is 6.07 Å². The fourth-order valence-electron chi connectivity index (χ4n) is 2.20. The van der Waals surface area contributed by atoms with E-state index in [0.717, 1.165) is 24.4 Å². The highest BCUT2D eigenvalue weighted by atomic mass is 16.1. The fourth-order valence-corrected chi connectivity index (χ4v) is 2.20. The van der Waals surface area contributed by atoms with Crippen LogP contribution in [-0.4, -0.2) is 22.9 Å². The van der Waals surface area contributed by atoms with Crippen molar-refractivity contribution in [2.24, 2.45) is 0 Å². The van der Waals surface area contributed by atoms with Crippen LogP contribution >= 0.6 is 0 Å². The third-order valence-electron chi connectivity index (χ3n) is 3.05. The monoisotopic (exact) mass is 219 g/mol. The smallest absolute Gasteiger partial charge is 0.269 e. The Bertz CT molecular complexity index is 397. The summed E-state index contributed by atoms with van der Waals surface area (Å²) < 4.78 is 0. The van der Waals surface area contributed by atoms with E-state index < -0.39 is 0 Å². The summed E-state index contributed by atoms with van der Waals surface area (Å²) in [6.07, 6.45) is 4.79. The van der Waals surface area contributed by atoms with Gasteiger partial charge in [0.1, 0.15) is 11.5 Å². The molecule has 0 saturated heterocycles. The Kier molecular flexibility index (Phi) is 3.17. The van der Waals surface area contributed by atoms with Gasteiger partial charge in [-0.3, -0.25) is 4.79 Å². The number of amides is 1. The highest BCUT2D eigenvalue weighted by molar-refractivity contribution is 5.92. The number of hydrogen-bond acceptors (Lipinski definition) is 3. The van der Waals surface area contributed by atoms with Gasteiger partial charge in [0, 0.05) is 18.7 Å². The van der Waals surface area contributed by atoms with Gasteiger partial charge >= 0.3 is 0 Å². The molecule has 1 N–H and O–H groups in total. The van der Waals surface area contributed by atoms with E-state index in [1.807, 2.05) is 6.92 Å². The van der Waals surface area contributed by atoms with Crippen LogP contribution in [0.2, 0.25) is 0 Å². The first-order valence-corrected chi connectivity index (χ1v) is 5.78. The van der Waals surface area contributed by atoms with Gasteiger partial charge < -0.3 is 5.32 Å². The number of nitrogens with one attached hydrogen (secondary N) is 1. The minimum absolute atomic E-state index is 0.134. The van der Waals surface area contributed by atoms with Crippen molar-refractivity contribution in [3.63, 3.8) is 0 Å². The van der Waals surface area contributed by atoms with Crippen molar-refractivity contribution in [1.29, 1.82) is 0 Å². The van der Waals surface area contributed by atoms with E-state index in [0.29, 0.717) is 11.6 Å². The summed E-state index contributed by atoms with van der Waals surface area (Å²) in [5, 5.41) is 2.60. The van der Waals surface area contributed by atoms with Crippen LogP contribution in [0.5, 0.6) is 0 Å². The maximum atomic E-state index is 11.5. The van der Waals surface area contributed by atoms with Gasteiger partial charge in [-0.25, -0.2) is 9.97 Å². The highest BCUT2D eigenvalue weighted by Crippen LogP contribution is 2.32. The van der Waals surface area contributed by atoms with Gasteiger partial charge in [-0.1, -0.05) is 12.8 Å². The van der Waals surface area contributed by atoms with Crippen molar-refractivity contribution in [2.75, 3.05) is 7.05 Å². The molecule has 86 valence electrons. The second-order valence-electron chi connectivity index (χ2n) is 4.31. The van der Waals surface area contributed by atoms with Gasteiger partial charge in [0.05, 0.1) is 0 Å². The third-order valence-corrected chi connectivity index (χ3v) is 3.05. The summed E-state index contributed by atoms with van der Waals surface area (Å²) in [7, 11) is 1.62. The normalized spacial score (nSPS) is 16.4. The molecule has 0 bridgehead atoms. The molecule has 0 aromatic carbocycles. The number of carbonyl (C=O) groups excluding carboxylic acids is 1. The minimum atomic E-state index is -0.134. The highest BCUT2D eigenvalue weighted by Gasteiger charge is 2.21. The van der Waals surface area contributed by atoms with Crippen LogP contribution in [0, 0.1) is 6.92 Å². The number of nitrogens with zero attached hydrogens (tertiary/aromatic N) is 2. The molecule has 2 rings (SSSR count). The molecule has 1 aromatic rings. The third kappa shape index (κ3) is 2.21. The number of hydrogen-bond donors (Lipinski definition) is 1. The Labute approximate surface area is 95.5 Å². The van der Waals surface area contributed by atoms with Crippen molar-refractivity contribution < 1.29 is 4.79 Å². The lowest BCUT2D eigenvalue weighted by Gasteiger charge is -2.09.